The van der Waals surface area contributed by atoms with Gasteiger partial charge >= 0.3 is 0 Å². The van der Waals surface area contributed by atoms with E-state index in [1.54, 1.807) is 18.2 Å². The molecule has 0 radical (unpaired) electrons. The molecule has 4 heteroatoms. The van der Waals surface area contributed by atoms with Crippen molar-refractivity contribution in [1.82, 2.24) is 5.32 Å². The number of anilines is 1. The molecule has 1 aliphatic carbocycles. The molecule has 4 nitrogen and oxygen atoms in total. The second kappa shape index (κ2) is 5.76. The molecule has 0 spiro atoms. The molecule has 1 aliphatic rings. The van der Waals surface area contributed by atoms with Gasteiger partial charge in [0.15, 0.2) is 0 Å². The topological polar surface area (TPSA) is 75.3 Å². The molecule has 0 aliphatic heterocycles. The van der Waals surface area contributed by atoms with Crippen molar-refractivity contribution in [3.05, 3.63) is 23.8 Å². The lowest BCUT2D eigenvalue weighted by molar-refractivity contribution is -0.126. The molecule has 0 atom stereocenters. The molecule has 0 saturated heterocycles. The molecule has 1 aromatic rings. The van der Waals surface area contributed by atoms with Gasteiger partial charge in [-0.15, -0.1) is 0 Å². The van der Waals surface area contributed by atoms with E-state index in [4.69, 9.17) is 5.73 Å². The number of benzene rings is 1. The standard InChI is InChI=1S/C14H20N2O2/c15-12-6-7-13(17)11(8-12)9-16-14(18)10-4-2-1-3-5-10/h6-8,10,17H,1-5,9,15H2,(H,16,18). The summed E-state index contributed by atoms with van der Waals surface area (Å²) in [5, 5.41) is 12.5. The molecule has 2 rings (SSSR count). The number of nitrogens with two attached hydrogens (primary N) is 1. The van der Waals surface area contributed by atoms with E-state index >= 15 is 0 Å². The van der Waals surface area contributed by atoms with E-state index in [1.807, 2.05) is 0 Å². The van der Waals surface area contributed by atoms with E-state index in [0.717, 1.165) is 25.7 Å². The Bertz CT molecular complexity index is 426. The van der Waals surface area contributed by atoms with Gasteiger partial charge in [-0.2, -0.15) is 0 Å². The van der Waals surface area contributed by atoms with Gasteiger partial charge in [-0.25, -0.2) is 0 Å². The highest BCUT2D eigenvalue weighted by molar-refractivity contribution is 5.78. The predicted octanol–water partition coefficient (Wildman–Crippen LogP) is 2.17. The zero-order valence-corrected chi connectivity index (χ0v) is 10.5. The van der Waals surface area contributed by atoms with Crippen molar-refractivity contribution >= 4 is 11.6 Å². The first kappa shape index (κ1) is 12.7. The average molecular weight is 248 g/mol. The van der Waals surface area contributed by atoms with E-state index in [1.165, 1.54) is 6.42 Å². The summed E-state index contributed by atoms with van der Waals surface area (Å²) in [7, 11) is 0. The van der Waals surface area contributed by atoms with E-state index in [0.29, 0.717) is 17.8 Å². The lowest BCUT2D eigenvalue weighted by Crippen LogP contribution is -2.31. The molecule has 0 unspecified atom stereocenters. The minimum Gasteiger partial charge on any atom is -0.508 e. The Morgan fingerprint density at radius 3 is 2.78 bits per heavy atom. The van der Waals surface area contributed by atoms with Crippen LogP contribution in [-0.4, -0.2) is 11.0 Å². The van der Waals surface area contributed by atoms with Gasteiger partial charge < -0.3 is 16.2 Å². The van der Waals surface area contributed by atoms with Crippen molar-refractivity contribution < 1.29 is 9.90 Å². The largest absolute Gasteiger partial charge is 0.508 e. The summed E-state index contributed by atoms with van der Waals surface area (Å²) < 4.78 is 0. The fourth-order valence-corrected chi connectivity index (χ4v) is 2.44. The van der Waals surface area contributed by atoms with Gasteiger partial charge in [0, 0.05) is 23.7 Å². The smallest absolute Gasteiger partial charge is 0.223 e. The highest BCUT2D eigenvalue weighted by Crippen LogP contribution is 2.24. The summed E-state index contributed by atoms with van der Waals surface area (Å²) in [6.45, 7) is 0.339. The number of carbonyl (C=O) groups excluding carboxylic acids is 1. The van der Waals surface area contributed by atoms with Crippen LogP contribution >= 0.6 is 0 Å². The fourth-order valence-electron chi connectivity index (χ4n) is 2.44. The molecule has 18 heavy (non-hydrogen) atoms. The van der Waals surface area contributed by atoms with Crippen LogP contribution in [0.3, 0.4) is 0 Å². The Kier molecular flexibility index (Phi) is 4.07. The van der Waals surface area contributed by atoms with Crippen LogP contribution < -0.4 is 11.1 Å². The fraction of sp³-hybridized carbons (Fsp3) is 0.500. The molecule has 1 fully saturated rings. The van der Waals surface area contributed by atoms with Crippen LogP contribution in [0.1, 0.15) is 37.7 Å². The van der Waals surface area contributed by atoms with Gasteiger partial charge in [0.25, 0.3) is 0 Å². The minimum atomic E-state index is 0.0940. The Hall–Kier alpha value is -1.71. The summed E-state index contributed by atoms with van der Waals surface area (Å²) in [4.78, 5) is 11.9. The van der Waals surface area contributed by atoms with Crippen molar-refractivity contribution in [3.8, 4) is 5.75 Å². The van der Waals surface area contributed by atoms with Gasteiger partial charge in [0.2, 0.25) is 5.91 Å². The molecule has 0 aromatic heterocycles. The average Bonchev–Trinajstić information content (AvgIpc) is 2.40. The molecule has 0 bridgehead atoms. The summed E-state index contributed by atoms with van der Waals surface area (Å²) in [5.74, 6) is 0.409. The van der Waals surface area contributed by atoms with E-state index < -0.39 is 0 Å². The van der Waals surface area contributed by atoms with Crippen molar-refractivity contribution in [3.63, 3.8) is 0 Å². The maximum atomic E-state index is 11.9. The van der Waals surface area contributed by atoms with Crippen molar-refractivity contribution in [2.75, 3.05) is 5.73 Å². The number of nitrogens with one attached hydrogen (secondary N) is 1. The van der Waals surface area contributed by atoms with Crippen LogP contribution in [-0.2, 0) is 11.3 Å². The lowest BCUT2D eigenvalue weighted by atomic mass is 9.88. The van der Waals surface area contributed by atoms with Crippen molar-refractivity contribution in [2.24, 2.45) is 5.92 Å². The van der Waals surface area contributed by atoms with Crippen LogP contribution in [0.15, 0.2) is 18.2 Å². The lowest BCUT2D eigenvalue weighted by Gasteiger charge is -2.20. The maximum Gasteiger partial charge on any atom is 0.223 e. The first-order valence-electron chi connectivity index (χ1n) is 6.52. The number of aromatic hydroxyl groups is 1. The quantitative estimate of drug-likeness (QED) is 0.567. The SMILES string of the molecule is Nc1ccc(O)c(CNC(=O)C2CCCCC2)c1. The Balaban J connectivity index is 1.90. The third-order valence-corrected chi connectivity index (χ3v) is 3.53. The molecule has 1 saturated carbocycles. The van der Waals surface area contributed by atoms with Crippen molar-refractivity contribution in [2.45, 2.75) is 38.6 Å². The Labute approximate surface area is 107 Å². The Morgan fingerprint density at radius 2 is 2.06 bits per heavy atom. The number of rotatable bonds is 3. The molecular weight excluding hydrogens is 228 g/mol. The predicted molar refractivity (Wildman–Crippen MR) is 70.9 cm³/mol. The second-order valence-corrected chi connectivity index (χ2v) is 4.94. The van der Waals surface area contributed by atoms with Crippen LogP contribution in [0.25, 0.3) is 0 Å². The van der Waals surface area contributed by atoms with Crippen molar-refractivity contribution in [1.29, 1.82) is 0 Å². The molecule has 98 valence electrons. The molecule has 1 aromatic carbocycles. The summed E-state index contributed by atoms with van der Waals surface area (Å²) in [6.07, 6.45) is 5.48. The molecular formula is C14H20N2O2. The summed E-state index contributed by atoms with van der Waals surface area (Å²) in [6, 6.07) is 4.88. The number of amides is 1. The van der Waals surface area contributed by atoms with Gasteiger partial charge in [-0.1, -0.05) is 19.3 Å². The molecule has 4 N–H and O–H groups in total. The van der Waals surface area contributed by atoms with Gasteiger partial charge in [-0.3, -0.25) is 4.79 Å². The van der Waals surface area contributed by atoms with Crippen LogP contribution in [0, 0.1) is 5.92 Å². The highest BCUT2D eigenvalue weighted by Gasteiger charge is 2.20. The number of phenols is 1. The third-order valence-electron chi connectivity index (χ3n) is 3.53. The molecule has 0 heterocycles. The maximum absolute atomic E-state index is 11.9. The molecule has 1 amide bonds. The van der Waals surface area contributed by atoms with E-state index in [9.17, 15) is 9.90 Å². The van der Waals surface area contributed by atoms with Gasteiger partial charge in [0.1, 0.15) is 5.75 Å². The van der Waals surface area contributed by atoms with Gasteiger partial charge in [0.05, 0.1) is 0 Å². The Morgan fingerprint density at radius 1 is 1.33 bits per heavy atom. The van der Waals surface area contributed by atoms with Crippen LogP contribution in [0.5, 0.6) is 5.75 Å². The number of hydrogen-bond donors (Lipinski definition) is 3. The van der Waals surface area contributed by atoms with Crippen LogP contribution in [0.2, 0.25) is 0 Å². The number of carbonyl (C=O) groups is 1. The summed E-state index contributed by atoms with van der Waals surface area (Å²) in [5.41, 5.74) is 6.91. The minimum absolute atomic E-state index is 0.0940. The normalized spacial score (nSPS) is 16.4. The number of hydrogen-bond acceptors (Lipinski definition) is 3. The van der Waals surface area contributed by atoms with Crippen LogP contribution in [0.4, 0.5) is 5.69 Å². The van der Waals surface area contributed by atoms with Gasteiger partial charge in [-0.05, 0) is 31.0 Å². The zero-order valence-electron chi connectivity index (χ0n) is 10.5. The summed E-state index contributed by atoms with van der Waals surface area (Å²) >= 11 is 0. The monoisotopic (exact) mass is 248 g/mol. The highest BCUT2D eigenvalue weighted by atomic mass is 16.3. The second-order valence-electron chi connectivity index (χ2n) is 4.94. The first-order valence-corrected chi connectivity index (χ1v) is 6.52. The third kappa shape index (κ3) is 3.15. The van der Waals surface area contributed by atoms with E-state index in [2.05, 4.69) is 5.32 Å². The zero-order chi connectivity index (χ0) is 13.0. The first-order chi connectivity index (χ1) is 8.66. The number of nitrogen functional groups attached to an aromatic ring is 1. The van der Waals surface area contributed by atoms with E-state index in [-0.39, 0.29) is 17.6 Å². The number of phenolic OH excluding ortho intramolecular Hbond substituents is 1.